The van der Waals surface area contributed by atoms with Crippen LogP contribution in [0.5, 0.6) is 11.5 Å². The number of carbonyl (C=O) groups is 1. The van der Waals surface area contributed by atoms with Crippen LogP contribution < -0.4 is 14.8 Å². The van der Waals surface area contributed by atoms with Gasteiger partial charge in [0, 0.05) is 18.3 Å². The van der Waals surface area contributed by atoms with Gasteiger partial charge in [-0.2, -0.15) is 5.26 Å². The van der Waals surface area contributed by atoms with Crippen LogP contribution in [0.25, 0.3) is 0 Å². The number of para-hydroxylation sites is 1. The highest BCUT2D eigenvalue weighted by molar-refractivity contribution is 7.99. The van der Waals surface area contributed by atoms with Gasteiger partial charge >= 0.3 is 0 Å². The molecule has 0 saturated heterocycles. The zero-order valence-corrected chi connectivity index (χ0v) is 14.2. The number of hydrogen-bond donors (Lipinski definition) is 1. The molecule has 124 valence electrons. The van der Waals surface area contributed by atoms with Crippen LogP contribution in [0.3, 0.4) is 0 Å². The number of aromatic nitrogens is 1. The lowest BCUT2D eigenvalue weighted by Crippen LogP contribution is -2.25. The minimum absolute atomic E-state index is 0.153. The first kappa shape index (κ1) is 17.6. The summed E-state index contributed by atoms with van der Waals surface area (Å²) in [4.78, 5) is 16.1. The Labute approximate surface area is 144 Å². The van der Waals surface area contributed by atoms with Crippen molar-refractivity contribution in [2.75, 3.05) is 20.0 Å². The largest absolute Gasteiger partial charge is 0.493 e. The fourth-order valence-electron chi connectivity index (χ4n) is 2.06. The van der Waals surface area contributed by atoms with E-state index in [1.54, 1.807) is 38.6 Å². The molecule has 0 saturated carbocycles. The van der Waals surface area contributed by atoms with E-state index in [0.717, 1.165) is 5.56 Å². The summed E-state index contributed by atoms with van der Waals surface area (Å²) in [6.07, 6.45) is 1.60. The Morgan fingerprint density at radius 2 is 2.12 bits per heavy atom. The average Bonchev–Trinajstić information content (AvgIpc) is 2.64. The quantitative estimate of drug-likeness (QED) is 0.777. The van der Waals surface area contributed by atoms with E-state index in [-0.39, 0.29) is 11.7 Å². The lowest BCUT2D eigenvalue weighted by atomic mass is 10.2. The molecular weight excluding hydrogens is 326 g/mol. The van der Waals surface area contributed by atoms with Crippen LogP contribution >= 0.6 is 11.8 Å². The number of hydrogen-bond acceptors (Lipinski definition) is 6. The zero-order valence-electron chi connectivity index (χ0n) is 13.4. The number of nitriles is 1. The zero-order chi connectivity index (χ0) is 17.4. The molecule has 0 bridgehead atoms. The van der Waals surface area contributed by atoms with E-state index in [1.807, 2.05) is 12.1 Å². The lowest BCUT2D eigenvalue weighted by Gasteiger charge is -2.13. The molecule has 1 N–H and O–H groups in total. The maximum absolute atomic E-state index is 12.0. The van der Waals surface area contributed by atoms with Crippen molar-refractivity contribution in [3.8, 4) is 17.6 Å². The van der Waals surface area contributed by atoms with E-state index in [2.05, 4.69) is 16.4 Å². The molecule has 7 heteroatoms. The van der Waals surface area contributed by atoms with Crippen molar-refractivity contribution in [1.82, 2.24) is 10.3 Å². The van der Waals surface area contributed by atoms with Crippen molar-refractivity contribution in [1.29, 1.82) is 5.26 Å². The minimum Gasteiger partial charge on any atom is -0.493 e. The van der Waals surface area contributed by atoms with Crippen LogP contribution in [0.4, 0.5) is 0 Å². The summed E-state index contributed by atoms with van der Waals surface area (Å²) in [5, 5.41) is 12.4. The van der Waals surface area contributed by atoms with Gasteiger partial charge in [-0.15, -0.1) is 0 Å². The Balaban J connectivity index is 1.93. The molecular formula is C17H17N3O3S. The Kier molecular flexibility index (Phi) is 6.46. The second kappa shape index (κ2) is 8.79. The third kappa shape index (κ3) is 4.40. The molecule has 1 heterocycles. The third-order valence-corrected chi connectivity index (χ3v) is 4.20. The van der Waals surface area contributed by atoms with Gasteiger partial charge in [0.15, 0.2) is 11.5 Å². The number of amides is 1. The Bertz CT molecular complexity index is 759. The van der Waals surface area contributed by atoms with Crippen molar-refractivity contribution in [3.05, 3.63) is 47.7 Å². The SMILES string of the molecule is COc1cccc(CNC(=O)CSc2ncccc2C#N)c1OC. The summed E-state index contributed by atoms with van der Waals surface area (Å²) in [6, 6.07) is 10.9. The van der Waals surface area contributed by atoms with Crippen LogP contribution in [-0.2, 0) is 11.3 Å². The van der Waals surface area contributed by atoms with E-state index in [9.17, 15) is 4.79 Å². The van der Waals surface area contributed by atoms with E-state index in [0.29, 0.717) is 28.6 Å². The minimum atomic E-state index is -0.153. The van der Waals surface area contributed by atoms with Gasteiger partial charge in [-0.25, -0.2) is 4.98 Å². The van der Waals surface area contributed by atoms with Crippen LogP contribution in [0.1, 0.15) is 11.1 Å². The fourth-order valence-corrected chi connectivity index (χ4v) is 2.84. The summed E-state index contributed by atoms with van der Waals surface area (Å²) in [6.45, 7) is 0.326. The normalized spacial score (nSPS) is 9.88. The van der Waals surface area contributed by atoms with Crippen molar-refractivity contribution in [2.45, 2.75) is 11.6 Å². The number of carbonyl (C=O) groups excluding carboxylic acids is 1. The van der Waals surface area contributed by atoms with Gasteiger partial charge in [0.2, 0.25) is 5.91 Å². The molecule has 6 nitrogen and oxygen atoms in total. The van der Waals surface area contributed by atoms with Crippen molar-refractivity contribution < 1.29 is 14.3 Å². The van der Waals surface area contributed by atoms with Gasteiger partial charge in [-0.05, 0) is 18.2 Å². The van der Waals surface area contributed by atoms with Gasteiger partial charge in [-0.1, -0.05) is 23.9 Å². The van der Waals surface area contributed by atoms with Crippen LogP contribution in [0, 0.1) is 11.3 Å². The highest BCUT2D eigenvalue weighted by Crippen LogP contribution is 2.30. The second-order valence-electron chi connectivity index (χ2n) is 4.69. The van der Waals surface area contributed by atoms with Gasteiger partial charge in [-0.3, -0.25) is 4.79 Å². The molecule has 0 aliphatic heterocycles. The molecule has 0 aliphatic rings. The number of nitrogens with zero attached hydrogens (tertiary/aromatic N) is 2. The predicted octanol–water partition coefficient (Wildman–Crippen LogP) is 2.38. The molecule has 0 unspecified atom stereocenters. The first-order valence-electron chi connectivity index (χ1n) is 7.14. The molecule has 1 aromatic carbocycles. The summed E-state index contributed by atoms with van der Waals surface area (Å²) in [5.41, 5.74) is 1.29. The molecule has 1 amide bonds. The van der Waals surface area contributed by atoms with Gasteiger partial charge in [0.25, 0.3) is 0 Å². The van der Waals surface area contributed by atoms with E-state index >= 15 is 0 Å². The molecule has 2 aromatic rings. The highest BCUT2D eigenvalue weighted by atomic mass is 32.2. The maximum atomic E-state index is 12.0. The topological polar surface area (TPSA) is 84.2 Å². The monoisotopic (exact) mass is 343 g/mol. The summed E-state index contributed by atoms with van der Waals surface area (Å²) in [5.74, 6) is 1.24. The molecule has 0 radical (unpaired) electrons. The maximum Gasteiger partial charge on any atom is 0.230 e. The van der Waals surface area contributed by atoms with Gasteiger partial charge < -0.3 is 14.8 Å². The number of methoxy groups -OCH3 is 2. The summed E-state index contributed by atoms with van der Waals surface area (Å²) in [7, 11) is 3.13. The van der Waals surface area contributed by atoms with Crippen LogP contribution in [-0.4, -0.2) is 30.9 Å². The Morgan fingerprint density at radius 3 is 2.83 bits per heavy atom. The molecule has 0 fully saturated rings. The van der Waals surface area contributed by atoms with E-state index < -0.39 is 0 Å². The van der Waals surface area contributed by atoms with Crippen molar-refractivity contribution >= 4 is 17.7 Å². The van der Waals surface area contributed by atoms with Crippen LogP contribution in [0.2, 0.25) is 0 Å². The fraction of sp³-hybridized carbons (Fsp3) is 0.235. The summed E-state index contributed by atoms with van der Waals surface area (Å²) >= 11 is 1.23. The first-order valence-corrected chi connectivity index (χ1v) is 8.12. The number of thioether (sulfide) groups is 1. The van der Waals surface area contributed by atoms with Crippen molar-refractivity contribution in [2.24, 2.45) is 0 Å². The number of pyridine rings is 1. The average molecular weight is 343 g/mol. The number of benzene rings is 1. The number of ether oxygens (including phenoxy) is 2. The molecule has 0 aliphatic carbocycles. The van der Waals surface area contributed by atoms with E-state index in [1.165, 1.54) is 11.8 Å². The first-order chi connectivity index (χ1) is 11.7. The summed E-state index contributed by atoms with van der Waals surface area (Å²) < 4.78 is 10.6. The Hall–Kier alpha value is -2.72. The molecule has 24 heavy (non-hydrogen) atoms. The highest BCUT2D eigenvalue weighted by Gasteiger charge is 2.11. The van der Waals surface area contributed by atoms with Crippen molar-refractivity contribution in [3.63, 3.8) is 0 Å². The number of rotatable bonds is 7. The third-order valence-electron chi connectivity index (χ3n) is 3.19. The molecule has 0 spiro atoms. The molecule has 2 rings (SSSR count). The molecule has 1 aromatic heterocycles. The molecule has 0 atom stereocenters. The number of nitrogens with one attached hydrogen (secondary N) is 1. The smallest absolute Gasteiger partial charge is 0.230 e. The predicted molar refractivity (Wildman–Crippen MR) is 91.1 cm³/mol. The second-order valence-corrected chi connectivity index (χ2v) is 5.65. The Morgan fingerprint density at radius 1 is 1.29 bits per heavy atom. The van der Waals surface area contributed by atoms with Gasteiger partial charge in [0.1, 0.15) is 11.1 Å². The van der Waals surface area contributed by atoms with Gasteiger partial charge in [0.05, 0.1) is 25.5 Å². The lowest BCUT2D eigenvalue weighted by molar-refractivity contribution is -0.118. The standard InChI is InChI=1S/C17H17N3O3S/c1-22-14-7-3-5-13(16(14)23-2)10-20-15(21)11-24-17-12(9-18)6-4-8-19-17/h3-8H,10-11H2,1-2H3,(H,20,21). The van der Waals surface area contributed by atoms with E-state index in [4.69, 9.17) is 14.7 Å². The van der Waals surface area contributed by atoms with Crippen LogP contribution in [0.15, 0.2) is 41.6 Å².